The molecule has 170 valence electrons. The Bertz CT molecular complexity index is 989. The second-order valence-electron chi connectivity index (χ2n) is 8.84. The van der Waals surface area contributed by atoms with E-state index >= 15 is 0 Å². The Morgan fingerprint density at radius 1 is 0.938 bits per heavy atom. The summed E-state index contributed by atoms with van der Waals surface area (Å²) in [5, 5.41) is 4.21. The zero-order chi connectivity index (χ0) is 22.7. The molecule has 3 heterocycles. The maximum Gasteiger partial charge on any atom is 0.231 e. The Balaban J connectivity index is 1.56. The summed E-state index contributed by atoms with van der Waals surface area (Å²) in [6, 6.07) is 11.7. The summed E-state index contributed by atoms with van der Waals surface area (Å²) in [5.74, 6) is 0.681. The summed E-state index contributed by atoms with van der Waals surface area (Å²) in [7, 11) is 0. The van der Waals surface area contributed by atoms with Gasteiger partial charge < -0.3 is 19.2 Å². The van der Waals surface area contributed by atoms with Crippen molar-refractivity contribution in [2.24, 2.45) is 5.41 Å². The van der Waals surface area contributed by atoms with Gasteiger partial charge >= 0.3 is 0 Å². The molecule has 0 bridgehead atoms. The Morgan fingerprint density at radius 2 is 1.62 bits per heavy atom. The normalized spacial score (nSPS) is 21.5. The predicted octanol–water partition coefficient (Wildman–Crippen LogP) is 2.20. The fourth-order valence-electron chi connectivity index (χ4n) is 4.78. The van der Waals surface area contributed by atoms with Gasteiger partial charge in [0.25, 0.3) is 0 Å². The topological polar surface area (TPSA) is 87.0 Å². The standard InChI is InChI=1S/C24H30N4O4/c1-18(29)26-10-6-11-27(14-13-26)23(31)24(9-12-28(17-24)19(2)30)16-21-15-22(25-32-21)20-7-4-3-5-8-20/h3-5,7-8,15H,6,9-14,16-17H2,1-2H3/t24-/m1/s1. The molecule has 0 aliphatic carbocycles. The van der Waals surface area contributed by atoms with Gasteiger partial charge in [0, 0.05) is 71.2 Å². The molecular formula is C24H30N4O4. The Morgan fingerprint density at radius 3 is 2.31 bits per heavy atom. The van der Waals surface area contributed by atoms with Gasteiger partial charge in [-0.15, -0.1) is 0 Å². The van der Waals surface area contributed by atoms with Crippen molar-refractivity contribution in [2.75, 3.05) is 39.3 Å². The highest BCUT2D eigenvalue weighted by Gasteiger charge is 2.48. The number of hydrogen-bond acceptors (Lipinski definition) is 5. The van der Waals surface area contributed by atoms with Crippen LogP contribution < -0.4 is 0 Å². The van der Waals surface area contributed by atoms with Crippen LogP contribution in [0.4, 0.5) is 0 Å². The van der Waals surface area contributed by atoms with Gasteiger partial charge in [-0.25, -0.2) is 0 Å². The number of carbonyl (C=O) groups excluding carboxylic acids is 3. The molecule has 0 radical (unpaired) electrons. The SMILES string of the molecule is CC(=O)N1CCCN(C(=O)[C@@]2(Cc3cc(-c4ccccc4)no3)CCN(C(C)=O)C2)CC1. The molecule has 0 saturated carbocycles. The Labute approximate surface area is 188 Å². The Kier molecular flexibility index (Phi) is 6.30. The van der Waals surface area contributed by atoms with Gasteiger partial charge in [0.1, 0.15) is 11.5 Å². The third kappa shape index (κ3) is 4.54. The van der Waals surface area contributed by atoms with Crippen molar-refractivity contribution in [2.45, 2.75) is 33.1 Å². The number of hydrogen-bond donors (Lipinski definition) is 0. The third-order valence-electron chi connectivity index (χ3n) is 6.62. The van der Waals surface area contributed by atoms with E-state index in [9.17, 15) is 14.4 Å². The van der Waals surface area contributed by atoms with Crippen molar-refractivity contribution >= 4 is 17.7 Å². The zero-order valence-electron chi connectivity index (χ0n) is 18.7. The first kappa shape index (κ1) is 22.0. The number of aromatic nitrogens is 1. The molecule has 1 aromatic heterocycles. The largest absolute Gasteiger partial charge is 0.361 e. The van der Waals surface area contributed by atoms with Gasteiger partial charge in [0.15, 0.2) is 0 Å². The first-order valence-corrected chi connectivity index (χ1v) is 11.2. The lowest BCUT2D eigenvalue weighted by Crippen LogP contribution is -2.48. The molecule has 2 aliphatic heterocycles. The lowest BCUT2D eigenvalue weighted by Gasteiger charge is -2.33. The van der Waals surface area contributed by atoms with E-state index < -0.39 is 5.41 Å². The number of amides is 3. The van der Waals surface area contributed by atoms with Gasteiger partial charge in [-0.2, -0.15) is 0 Å². The van der Waals surface area contributed by atoms with E-state index in [-0.39, 0.29) is 17.7 Å². The van der Waals surface area contributed by atoms with Crippen LogP contribution in [-0.4, -0.2) is 76.8 Å². The maximum atomic E-state index is 13.8. The summed E-state index contributed by atoms with van der Waals surface area (Å²) >= 11 is 0. The van der Waals surface area contributed by atoms with Gasteiger partial charge in [0.05, 0.1) is 5.41 Å². The van der Waals surface area contributed by atoms with Crippen molar-refractivity contribution in [1.29, 1.82) is 0 Å². The third-order valence-corrected chi connectivity index (χ3v) is 6.62. The average Bonchev–Trinajstić information content (AvgIpc) is 3.35. The predicted molar refractivity (Wildman–Crippen MR) is 118 cm³/mol. The van der Waals surface area contributed by atoms with Crippen LogP contribution in [0.5, 0.6) is 0 Å². The van der Waals surface area contributed by atoms with Crippen LogP contribution in [0.3, 0.4) is 0 Å². The van der Waals surface area contributed by atoms with Crippen molar-refractivity contribution in [1.82, 2.24) is 19.9 Å². The van der Waals surface area contributed by atoms with Crippen LogP contribution in [0.2, 0.25) is 0 Å². The van der Waals surface area contributed by atoms with Crippen molar-refractivity contribution in [3.63, 3.8) is 0 Å². The number of likely N-dealkylation sites (tertiary alicyclic amines) is 1. The minimum atomic E-state index is -0.745. The van der Waals surface area contributed by atoms with Crippen molar-refractivity contribution in [3.8, 4) is 11.3 Å². The van der Waals surface area contributed by atoms with E-state index in [1.807, 2.05) is 41.3 Å². The minimum Gasteiger partial charge on any atom is -0.361 e. The van der Waals surface area contributed by atoms with Gasteiger partial charge in [-0.3, -0.25) is 14.4 Å². The van der Waals surface area contributed by atoms with Crippen molar-refractivity contribution < 1.29 is 18.9 Å². The molecule has 0 unspecified atom stereocenters. The molecule has 3 amide bonds. The van der Waals surface area contributed by atoms with Crippen LogP contribution in [0.1, 0.15) is 32.4 Å². The number of rotatable bonds is 4. The quantitative estimate of drug-likeness (QED) is 0.730. The second-order valence-corrected chi connectivity index (χ2v) is 8.84. The summed E-state index contributed by atoms with van der Waals surface area (Å²) in [6.45, 7) is 6.34. The first-order chi connectivity index (χ1) is 15.4. The fraction of sp³-hybridized carbons (Fsp3) is 0.500. The minimum absolute atomic E-state index is 0.0270. The lowest BCUT2D eigenvalue weighted by atomic mass is 9.80. The van der Waals surface area contributed by atoms with E-state index in [0.29, 0.717) is 57.9 Å². The molecule has 0 N–H and O–H groups in total. The van der Waals surface area contributed by atoms with Crippen LogP contribution in [0.25, 0.3) is 11.3 Å². The van der Waals surface area contributed by atoms with E-state index in [0.717, 1.165) is 17.7 Å². The van der Waals surface area contributed by atoms with Crippen LogP contribution >= 0.6 is 0 Å². The van der Waals surface area contributed by atoms with Crippen LogP contribution in [0, 0.1) is 5.41 Å². The van der Waals surface area contributed by atoms with E-state index in [1.165, 1.54) is 0 Å². The molecule has 4 rings (SSSR count). The number of benzene rings is 1. The molecule has 1 atom stereocenters. The molecule has 8 nitrogen and oxygen atoms in total. The molecule has 1 aromatic carbocycles. The maximum absolute atomic E-state index is 13.8. The molecule has 2 fully saturated rings. The van der Waals surface area contributed by atoms with Gasteiger partial charge in [-0.1, -0.05) is 35.5 Å². The smallest absolute Gasteiger partial charge is 0.231 e. The highest BCUT2D eigenvalue weighted by Crippen LogP contribution is 2.37. The zero-order valence-corrected chi connectivity index (χ0v) is 18.7. The van der Waals surface area contributed by atoms with Crippen LogP contribution in [-0.2, 0) is 20.8 Å². The second kappa shape index (κ2) is 9.14. The summed E-state index contributed by atoms with van der Waals surface area (Å²) in [6.07, 6.45) is 1.72. The highest BCUT2D eigenvalue weighted by molar-refractivity contribution is 5.85. The number of carbonyl (C=O) groups is 3. The first-order valence-electron chi connectivity index (χ1n) is 11.2. The Hall–Kier alpha value is -3.16. The summed E-state index contributed by atoms with van der Waals surface area (Å²) < 4.78 is 5.64. The van der Waals surface area contributed by atoms with E-state index in [2.05, 4.69) is 5.16 Å². The monoisotopic (exact) mass is 438 g/mol. The van der Waals surface area contributed by atoms with Gasteiger partial charge in [-0.05, 0) is 12.8 Å². The van der Waals surface area contributed by atoms with Gasteiger partial charge in [0.2, 0.25) is 17.7 Å². The molecule has 0 spiro atoms. The molecule has 32 heavy (non-hydrogen) atoms. The summed E-state index contributed by atoms with van der Waals surface area (Å²) in [4.78, 5) is 43.1. The molecule has 2 aliphatic rings. The highest BCUT2D eigenvalue weighted by atomic mass is 16.5. The molecule has 2 saturated heterocycles. The fourth-order valence-corrected chi connectivity index (χ4v) is 4.78. The molecule has 2 aromatic rings. The summed E-state index contributed by atoms with van der Waals surface area (Å²) in [5.41, 5.74) is 0.942. The van der Waals surface area contributed by atoms with Crippen molar-refractivity contribution in [3.05, 3.63) is 42.2 Å². The lowest BCUT2D eigenvalue weighted by molar-refractivity contribution is -0.142. The van der Waals surface area contributed by atoms with E-state index in [4.69, 9.17) is 4.52 Å². The number of nitrogens with zero attached hydrogens (tertiary/aromatic N) is 4. The molecular weight excluding hydrogens is 408 g/mol. The van der Waals surface area contributed by atoms with E-state index in [1.54, 1.807) is 23.6 Å². The average molecular weight is 439 g/mol. The van der Waals surface area contributed by atoms with Crippen LogP contribution in [0.15, 0.2) is 40.9 Å². The molecule has 8 heteroatoms.